The van der Waals surface area contributed by atoms with Crippen molar-refractivity contribution in [3.05, 3.63) is 65.2 Å². The van der Waals surface area contributed by atoms with Crippen LogP contribution < -0.4 is 5.43 Å². The first-order valence-electron chi connectivity index (χ1n) is 6.40. The number of hydrazone groups is 1. The first kappa shape index (κ1) is 14.1. The molecule has 6 nitrogen and oxygen atoms in total. The van der Waals surface area contributed by atoms with Crippen LogP contribution in [0.1, 0.15) is 16.2 Å². The summed E-state index contributed by atoms with van der Waals surface area (Å²) < 4.78 is 5.06. The highest BCUT2D eigenvalue weighted by Gasteiger charge is 2.10. The molecule has 0 atom stereocenters. The van der Waals surface area contributed by atoms with E-state index in [1.165, 1.54) is 12.5 Å². The minimum atomic E-state index is -0.393. The molecule has 22 heavy (non-hydrogen) atoms. The Hall–Kier alpha value is -2.86. The number of hydrogen-bond acceptors (Lipinski definition) is 4. The lowest BCUT2D eigenvalue weighted by Gasteiger charge is -1.95. The molecule has 0 unspecified atom stereocenters. The van der Waals surface area contributed by atoms with E-state index in [1.807, 2.05) is 12.1 Å². The Balaban J connectivity index is 1.68. The first-order valence-corrected chi connectivity index (χ1v) is 6.78. The Morgan fingerprint density at radius 2 is 2.14 bits per heavy atom. The van der Waals surface area contributed by atoms with Gasteiger partial charge in [0.2, 0.25) is 0 Å². The molecule has 0 saturated carbocycles. The van der Waals surface area contributed by atoms with Crippen LogP contribution in [-0.4, -0.2) is 22.3 Å². The van der Waals surface area contributed by atoms with Crippen LogP contribution in [0.2, 0.25) is 5.02 Å². The number of hydrogen-bond donors (Lipinski definition) is 2. The zero-order valence-electron chi connectivity index (χ0n) is 11.3. The van der Waals surface area contributed by atoms with E-state index in [4.69, 9.17) is 16.0 Å². The van der Waals surface area contributed by atoms with Crippen molar-refractivity contribution in [3.8, 4) is 11.3 Å². The number of carbonyl (C=O) groups excluding carboxylic acids is 1. The molecule has 2 aromatic heterocycles. The van der Waals surface area contributed by atoms with Crippen LogP contribution >= 0.6 is 11.6 Å². The van der Waals surface area contributed by atoms with Gasteiger partial charge in [0.1, 0.15) is 11.5 Å². The SMILES string of the molecule is O=C(NN=Cc1ccco1)c1cc(-c2ccc(Cl)cc2)n[nH]1. The molecule has 0 spiro atoms. The van der Waals surface area contributed by atoms with Gasteiger partial charge in [-0.1, -0.05) is 23.7 Å². The van der Waals surface area contributed by atoms with E-state index < -0.39 is 5.91 Å². The van der Waals surface area contributed by atoms with Crippen LogP contribution in [0.4, 0.5) is 0 Å². The van der Waals surface area contributed by atoms with E-state index in [0.29, 0.717) is 22.2 Å². The zero-order valence-corrected chi connectivity index (χ0v) is 12.0. The lowest BCUT2D eigenvalue weighted by Crippen LogP contribution is -2.17. The normalized spacial score (nSPS) is 11.0. The molecule has 0 aliphatic rings. The topological polar surface area (TPSA) is 83.3 Å². The Morgan fingerprint density at radius 1 is 1.32 bits per heavy atom. The van der Waals surface area contributed by atoms with Gasteiger partial charge in [-0.25, -0.2) is 5.43 Å². The van der Waals surface area contributed by atoms with Crippen LogP contribution in [0.5, 0.6) is 0 Å². The Kier molecular flexibility index (Phi) is 4.02. The molecular weight excluding hydrogens is 304 g/mol. The lowest BCUT2D eigenvalue weighted by molar-refractivity contribution is 0.0950. The highest BCUT2D eigenvalue weighted by Crippen LogP contribution is 2.20. The second-order valence-corrected chi connectivity index (χ2v) is 4.82. The molecule has 7 heteroatoms. The van der Waals surface area contributed by atoms with E-state index in [-0.39, 0.29) is 0 Å². The summed E-state index contributed by atoms with van der Waals surface area (Å²) >= 11 is 5.84. The first-order chi connectivity index (χ1) is 10.7. The summed E-state index contributed by atoms with van der Waals surface area (Å²) in [7, 11) is 0. The number of benzene rings is 1. The summed E-state index contributed by atoms with van der Waals surface area (Å²) in [5.74, 6) is 0.155. The summed E-state index contributed by atoms with van der Waals surface area (Å²) in [5, 5.41) is 11.2. The molecule has 2 heterocycles. The maximum atomic E-state index is 11.9. The number of aromatic nitrogens is 2. The maximum Gasteiger partial charge on any atom is 0.289 e. The summed E-state index contributed by atoms with van der Waals surface area (Å²) in [4.78, 5) is 11.9. The molecular formula is C15H11ClN4O2. The predicted molar refractivity (Wildman–Crippen MR) is 82.8 cm³/mol. The van der Waals surface area contributed by atoms with Gasteiger partial charge in [-0.15, -0.1) is 0 Å². The number of carbonyl (C=O) groups is 1. The van der Waals surface area contributed by atoms with Crippen LogP contribution in [0.25, 0.3) is 11.3 Å². The largest absolute Gasteiger partial charge is 0.463 e. The van der Waals surface area contributed by atoms with Crippen molar-refractivity contribution in [1.82, 2.24) is 15.6 Å². The molecule has 1 amide bonds. The van der Waals surface area contributed by atoms with E-state index in [1.54, 1.807) is 30.3 Å². The second-order valence-electron chi connectivity index (χ2n) is 4.39. The summed E-state index contributed by atoms with van der Waals surface area (Å²) in [6.07, 6.45) is 2.94. The average Bonchev–Trinajstić information content (AvgIpc) is 3.19. The van der Waals surface area contributed by atoms with Crippen LogP contribution in [-0.2, 0) is 0 Å². The van der Waals surface area contributed by atoms with Crippen molar-refractivity contribution >= 4 is 23.7 Å². The monoisotopic (exact) mass is 314 g/mol. The third-order valence-corrected chi connectivity index (χ3v) is 3.12. The molecule has 1 aromatic carbocycles. The smallest absolute Gasteiger partial charge is 0.289 e. The summed E-state index contributed by atoms with van der Waals surface area (Å²) in [6, 6.07) is 12.3. The van der Waals surface area contributed by atoms with Gasteiger partial charge < -0.3 is 4.42 Å². The molecule has 3 rings (SSSR count). The summed E-state index contributed by atoms with van der Waals surface area (Å²) in [5.41, 5.74) is 4.21. The number of furan rings is 1. The van der Waals surface area contributed by atoms with E-state index in [2.05, 4.69) is 20.7 Å². The van der Waals surface area contributed by atoms with Crippen molar-refractivity contribution in [3.63, 3.8) is 0 Å². The van der Waals surface area contributed by atoms with Crippen LogP contribution in [0.3, 0.4) is 0 Å². The molecule has 110 valence electrons. The maximum absolute atomic E-state index is 11.9. The van der Waals surface area contributed by atoms with Crippen LogP contribution in [0, 0.1) is 0 Å². The van der Waals surface area contributed by atoms with Gasteiger partial charge in [0, 0.05) is 10.6 Å². The average molecular weight is 315 g/mol. The number of H-pyrrole nitrogens is 1. The molecule has 0 radical (unpaired) electrons. The number of nitrogens with zero attached hydrogens (tertiary/aromatic N) is 2. The third-order valence-electron chi connectivity index (χ3n) is 2.86. The third kappa shape index (κ3) is 3.24. The van der Waals surface area contributed by atoms with E-state index >= 15 is 0 Å². The standard InChI is InChI=1S/C15H11ClN4O2/c16-11-5-3-10(4-6-11)13-8-14(19-18-13)15(21)20-17-9-12-2-1-7-22-12/h1-9H,(H,18,19)(H,20,21). The highest BCUT2D eigenvalue weighted by molar-refractivity contribution is 6.30. The summed E-state index contributed by atoms with van der Waals surface area (Å²) in [6.45, 7) is 0. The fourth-order valence-corrected chi connectivity index (χ4v) is 1.91. The quantitative estimate of drug-likeness (QED) is 0.573. The molecule has 3 aromatic rings. The van der Waals surface area contributed by atoms with Gasteiger partial charge in [-0.2, -0.15) is 10.2 Å². The Morgan fingerprint density at radius 3 is 2.86 bits per heavy atom. The lowest BCUT2D eigenvalue weighted by atomic mass is 10.1. The van der Waals surface area contributed by atoms with E-state index in [9.17, 15) is 4.79 Å². The minimum Gasteiger partial charge on any atom is -0.463 e. The number of amides is 1. The number of aromatic amines is 1. The van der Waals surface area contributed by atoms with Crippen molar-refractivity contribution < 1.29 is 9.21 Å². The van der Waals surface area contributed by atoms with Gasteiger partial charge in [0.15, 0.2) is 0 Å². The number of halogens is 1. The fourth-order valence-electron chi connectivity index (χ4n) is 1.79. The second kappa shape index (κ2) is 6.28. The molecule has 0 bridgehead atoms. The molecule has 2 N–H and O–H groups in total. The van der Waals surface area contributed by atoms with Gasteiger partial charge in [0.05, 0.1) is 18.2 Å². The Labute approximate surface area is 130 Å². The Bertz CT molecular complexity index is 791. The van der Waals surface area contributed by atoms with Crippen molar-refractivity contribution in [1.29, 1.82) is 0 Å². The molecule has 0 fully saturated rings. The number of rotatable bonds is 4. The fraction of sp³-hybridized carbons (Fsp3) is 0. The van der Waals surface area contributed by atoms with Crippen molar-refractivity contribution in [2.75, 3.05) is 0 Å². The van der Waals surface area contributed by atoms with E-state index in [0.717, 1.165) is 5.56 Å². The van der Waals surface area contributed by atoms with Gasteiger partial charge in [-0.05, 0) is 30.3 Å². The zero-order chi connectivity index (χ0) is 15.4. The van der Waals surface area contributed by atoms with Gasteiger partial charge in [-0.3, -0.25) is 9.89 Å². The number of nitrogens with one attached hydrogen (secondary N) is 2. The van der Waals surface area contributed by atoms with Crippen LogP contribution in [0.15, 0.2) is 58.2 Å². The minimum absolute atomic E-state index is 0.307. The van der Waals surface area contributed by atoms with Crippen molar-refractivity contribution in [2.24, 2.45) is 5.10 Å². The van der Waals surface area contributed by atoms with Crippen molar-refractivity contribution in [2.45, 2.75) is 0 Å². The van der Waals surface area contributed by atoms with Gasteiger partial charge >= 0.3 is 0 Å². The predicted octanol–water partition coefficient (Wildman–Crippen LogP) is 3.09. The molecule has 0 aliphatic heterocycles. The van der Waals surface area contributed by atoms with Gasteiger partial charge in [0.25, 0.3) is 5.91 Å². The molecule has 0 aliphatic carbocycles. The molecule has 0 saturated heterocycles. The highest BCUT2D eigenvalue weighted by atomic mass is 35.5.